The molecule has 0 spiro atoms. The summed E-state index contributed by atoms with van der Waals surface area (Å²) in [5.74, 6) is 0.570. The monoisotopic (exact) mass is 353 g/mol. The molecule has 0 unspecified atom stereocenters. The number of ether oxygens (including phenoxy) is 2. The minimum atomic E-state index is -0.435. The van der Waals surface area contributed by atoms with Gasteiger partial charge in [0.15, 0.2) is 5.76 Å². The first-order valence-electron chi connectivity index (χ1n) is 9.78. The van der Waals surface area contributed by atoms with Crippen LogP contribution in [0.25, 0.3) is 0 Å². The molecule has 0 saturated heterocycles. The first-order chi connectivity index (χ1) is 11.9. The van der Waals surface area contributed by atoms with Crippen LogP contribution in [-0.2, 0) is 14.3 Å². The van der Waals surface area contributed by atoms with E-state index in [1.807, 2.05) is 13.0 Å². The SMILES string of the molecule is CCO[C@H]1OC(C(=O)NC2CCCC2)=C[C@@H](C(C)(C)C)[C@@H]1CCCO. The van der Waals surface area contributed by atoms with Crippen LogP contribution in [0.15, 0.2) is 11.8 Å². The molecule has 2 aliphatic rings. The van der Waals surface area contributed by atoms with E-state index in [9.17, 15) is 9.90 Å². The maximum Gasteiger partial charge on any atom is 0.286 e. The molecule has 1 saturated carbocycles. The predicted octanol–water partition coefficient (Wildman–Crippen LogP) is 3.37. The first-order valence-corrected chi connectivity index (χ1v) is 9.78. The van der Waals surface area contributed by atoms with Crippen molar-refractivity contribution < 1.29 is 19.4 Å². The van der Waals surface area contributed by atoms with E-state index in [1.165, 1.54) is 12.8 Å². The van der Waals surface area contributed by atoms with Crippen LogP contribution in [-0.4, -0.2) is 36.6 Å². The van der Waals surface area contributed by atoms with Crippen LogP contribution >= 0.6 is 0 Å². The van der Waals surface area contributed by atoms with E-state index in [0.717, 1.165) is 19.3 Å². The Hall–Kier alpha value is -1.07. The van der Waals surface area contributed by atoms with Crippen molar-refractivity contribution in [1.29, 1.82) is 0 Å². The van der Waals surface area contributed by atoms with Crippen LogP contribution in [0, 0.1) is 17.3 Å². The number of hydrogen-bond acceptors (Lipinski definition) is 4. The van der Waals surface area contributed by atoms with Gasteiger partial charge in [0.25, 0.3) is 5.91 Å². The van der Waals surface area contributed by atoms with Crippen molar-refractivity contribution in [2.24, 2.45) is 17.3 Å². The Morgan fingerprint density at radius 3 is 2.60 bits per heavy atom. The van der Waals surface area contributed by atoms with Gasteiger partial charge in [0.05, 0.1) is 0 Å². The van der Waals surface area contributed by atoms with Crippen molar-refractivity contribution in [1.82, 2.24) is 5.32 Å². The minimum absolute atomic E-state index is 0.0157. The zero-order chi connectivity index (χ0) is 18.4. The Balaban J connectivity index is 2.20. The maximum absolute atomic E-state index is 12.7. The van der Waals surface area contributed by atoms with Crippen molar-refractivity contribution in [3.63, 3.8) is 0 Å². The molecule has 1 heterocycles. The summed E-state index contributed by atoms with van der Waals surface area (Å²) in [6.07, 6.45) is 7.54. The summed E-state index contributed by atoms with van der Waals surface area (Å²) in [5.41, 5.74) is -0.0157. The number of rotatable bonds is 7. The van der Waals surface area contributed by atoms with Gasteiger partial charge in [0.2, 0.25) is 6.29 Å². The average molecular weight is 354 g/mol. The van der Waals surface area contributed by atoms with E-state index in [-0.39, 0.29) is 35.8 Å². The third kappa shape index (κ3) is 5.45. The molecule has 0 aromatic rings. The predicted molar refractivity (Wildman–Crippen MR) is 97.7 cm³/mol. The summed E-state index contributed by atoms with van der Waals surface area (Å²) in [7, 11) is 0. The molecule has 0 bridgehead atoms. The van der Waals surface area contributed by atoms with E-state index < -0.39 is 6.29 Å². The van der Waals surface area contributed by atoms with Gasteiger partial charge in [-0.3, -0.25) is 4.79 Å². The molecule has 2 rings (SSSR count). The summed E-state index contributed by atoms with van der Waals surface area (Å²) >= 11 is 0. The number of hydrogen-bond donors (Lipinski definition) is 2. The van der Waals surface area contributed by atoms with Crippen LogP contribution < -0.4 is 5.32 Å². The molecule has 2 N–H and O–H groups in total. The summed E-state index contributed by atoms with van der Waals surface area (Å²) in [4.78, 5) is 12.7. The van der Waals surface area contributed by atoms with E-state index in [0.29, 0.717) is 18.8 Å². The minimum Gasteiger partial charge on any atom is -0.459 e. The second-order valence-corrected chi connectivity index (χ2v) is 8.35. The quantitative estimate of drug-likeness (QED) is 0.736. The fraction of sp³-hybridized carbons (Fsp3) is 0.850. The molecule has 1 aliphatic carbocycles. The van der Waals surface area contributed by atoms with Crippen molar-refractivity contribution >= 4 is 5.91 Å². The number of carbonyl (C=O) groups excluding carboxylic acids is 1. The molecule has 5 nitrogen and oxygen atoms in total. The average Bonchev–Trinajstić information content (AvgIpc) is 3.05. The van der Waals surface area contributed by atoms with Crippen molar-refractivity contribution in [3.05, 3.63) is 11.8 Å². The number of nitrogens with one attached hydrogen (secondary N) is 1. The molecule has 1 amide bonds. The maximum atomic E-state index is 12.7. The normalized spacial score (nSPS) is 27.7. The Morgan fingerprint density at radius 1 is 1.36 bits per heavy atom. The fourth-order valence-corrected chi connectivity index (χ4v) is 4.02. The van der Waals surface area contributed by atoms with Gasteiger partial charge in [-0.1, -0.05) is 33.6 Å². The highest BCUT2D eigenvalue weighted by Crippen LogP contribution is 2.42. The largest absolute Gasteiger partial charge is 0.459 e. The zero-order valence-electron chi connectivity index (χ0n) is 16.2. The highest BCUT2D eigenvalue weighted by Gasteiger charge is 2.42. The molecule has 25 heavy (non-hydrogen) atoms. The Labute approximate surface area is 152 Å². The van der Waals surface area contributed by atoms with E-state index >= 15 is 0 Å². The van der Waals surface area contributed by atoms with Crippen LogP contribution in [0.1, 0.15) is 66.2 Å². The molecule has 5 heteroatoms. The number of aliphatic hydroxyl groups is 1. The third-order valence-corrected chi connectivity index (χ3v) is 5.33. The lowest BCUT2D eigenvalue weighted by molar-refractivity contribution is -0.179. The van der Waals surface area contributed by atoms with Gasteiger partial charge < -0.3 is 19.9 Å². The van der Waals surface area contributed by atoms with E-state index in [2.05, 4.69) is 26.1 Å². The molecule has 144 valence electrons. The number of carbonyl (C=O) groups is 1. The smallest absolute Gasteiger partial charge is 0.286 e. The van der Waals surface area contributed by atoms with Crippen molar-refractivity contribution in [2.75, 3.05) is 13.2 Å². The lowest BCUT2D eigenvalue weighted by Gasteiger charge is -2.42. The second-order valence-electron chi connectivity index (χ2n) is 8.35. The van der Waals surface area contributed by atoms with E-state index in [4.69, 9.17) is 9.47 Å². The molecular weight excluding hydrogens is 318 g/mol. The van der Waals surface area contributed by atoms with Crippen LogP contribution in [0.3, 0.4) is 0 Å². The highest BCUT2D eigenvalue weighted by atomic mass is 16.7. The summed E-state index contributed by atoms with van der Waals surface area (Å²) in [5, 5.41) is 12.4. The molecule has 0 aromatic carbocycles. The van der Waals surface area contributed by atoms with Gasteiger partial charge in [-0.2, -0.15) is 0 Å². The van der Waals surface area contributed by atoms with Crippen molar-refractivity contribution in [3.8, 4) is 0 Å². The van der Waals surface area contributed by atoms with Crippen molar-refractivity contribution in [2.45, 2.75) is 78.6 Å². The molecular formula is C20H35NO4. The third-order valence-electron chi connectivity index (χ3n) is 5.33. The summed E-state index contributed by atoms with van der Waals surface area (Å²) in [6.45, 7) is 9.18. The summed E-state index contributed by atoms with van der Waals surface area (Å²) < 4.78 is 11.8. The van der Waals surface area contributed by atoms with Gasteiger partial charge in [0.1, 0.15) is 0 Å². The van der Waals surface area contributed by atoms with Crippen LogP contribution in [0.4, 0.5) is 0 Å². The summed E-state index contributed by atoms with van der Waals surface area (Å²) in [6, 6.07) is 0.266. The molecule has 1 aliphatic heterocycles. The zero-order valence-corrected chi connectivity index (χ0v) is 16.2. The Morgan fingerprint density at radius 2 is 2.04 bits per heavy atom. The fourth-order valence-electron chi connectivity index (χ4n) is 4.02. The van der Waals surface area contributed by atoms with Gasteiger partial charge in [-0.15, -0.1) is 0 Å². The van der Waals surface area contributed by atoms with Gasteiger partial charge in [0, 0.05) is 25.2 Å². The number of allylic oxidation sites excluding steroid dienone is 1. The topological polar surface area (TPSA) is 67.8 Å². The molecule has 0 aromatic heterocycles. The van der Waals surface area contributed by atoms with Gasteiger partial charge in [-0.25, -0.2) is 0 Å². The Bertz CT molecular complexity index is 463. The number of aliphatic hydroxyl groups excluding tert-OH is 1. The van der Waals surface area contributed by atoms with E-state index in [1.54, 1.807) is 0 Å². The lowest BCUT2D eigenvalue weighted by atomic mass is 9.70. The molecule has 0 radical (unpaired) electrons. The van der Waals surface area contributed by atoms with Crippen LogP contribution in [0.5, 0.6) is 0 Å². The van der Waals surface area contributed by atoms with Crippen LogP contribution in [0.2, 0.25) is 0 Å². The lowest BCUT2D eigenvalue weighted by Crippen LogP contribution is -2.44. The standard InChI is InChI=1S/C20H35NO4/c1-5-24-19-15(11-8-12-22)16(20(2,3)4)13-17(25-19)18(23)21-14-9-6-7-10-14/h13-16,19,22H,5-12H2,1-4H3,(H,21,23)/t15-,16+,19-/m0/s1. The molecule has 1 fully saturated rings. The highest BCUT2D eigenvalue weighted by molar-refractivity contribution is 5.91. The number of amides is 1. The second kappa shape index (κ2) is 9.04. The Kier molecular flexibility index (Phi) is 7.32. The first kappa shape index (κ1) is 20.2. The molecule has 3 atom stereocenters. The van der Waals surface area contributed by atoms with Gasteiger partial charge in [-0.05, 0) is 50.0 Å². The van der Waals surface area contributed by atoms with Gasteiger partial charge >= 0.3 is 0 Å².